The molecule has 0 saturated heterocycles. The Morgan fingerprint density at radius 1 is 1.17 bits per heavy atom. The molecule has 0 heterocycles. The summed E-state index contributed by atoms with van der Waals surface area (Å²) in [7, 11) is 1.44. The minimum Gasteiger partial charge on any atom is -0.506 e. The lowest BCUT2D eigenvalue weighted by molar-refractivity contribution is -0.428. The van der Waals surface area contributed by atoms with Crippen LogP contribution in [0.2, 0.25) is 0 Å². The molecule has 0 unspecified atom stereocenters. The topological polar surface area (TPSA) is 52.7 Å². The summed E-state index contributed by atoms with van der Waals surface area (Å²) in [6, 6.07) is 13.9. The smallest absolute Gasteiger partial charge is 0.256 e. The van der Waals surface area contributed by atoms with E-state index in [1.165, 1.54) is 7.05 Å². The SMILES string of the molecule is C[N+](=O)c1cccc(C=Nc2ccccc2O)c1. The van der Waals surface area contributed by atoms with Crippen molar-refractivity contribution in [3.63, 3.8) is 0 Å². The van der Waals surface area contributed by atoms with Gasteiger partial charge in [-0.05, 0) is 17.7 Å². The molecule has 0 bridgehead atoms. The number of phenols is 1. The molecule has 0 amide bonds. The Hall–Kier alpha value is -2.49. The molecule has 2 aromatic rings. The van der Waals surface area contributed by atoms with Gasteiger partial charge >= 0.3 is 0 Å². The second kappa shape index (κ2) is 5.23. The van der Waals surface area contributed by atoms with Crippen LogP contribution in [-0.2, 0) is 0 Å². The van der Waals surface area contributed by atoms with Crippen molar-refractivity contribution in [2.75, 3.05) is 7.05 Å². The van der Waals surface area contributed by atoms with Crippen molar-refractivity contribution in [1.82, 2.24) is 0 Å². The first-order valence-electron chi connectivity index (χ1n) is 5.50. The van der Waals surface area contributed by atoms with Gasteiger partial charge in [-0.2, -0.15) is 0 Å². The minimum atomic E-state index is 0.130. The number of hydrogen-bond donors (Lipinski definition) is 1. The van der Waals surface area contributed by atoms with Gasteiger partial charge in [0.15, 0.2) is 7.05 Å². The third-order valence-electron chi connectivity index (χ3n) is 2.47. The predicted molar refractivity (Wildman–Crippen MR) is 71.0 cm³/mol. The molecule has 0 saturated carbocycles. The van der Waals surface area contributed by atoms with Gasteiger partial charge in [-0.1, -0.05) is 24.3 Å². The molecule has 18 heavy (non-hydrogen) atoms. The standard InChI is InChI=1S/C14H12N2O2/c1-16(18)12-6-4-5-11(9-12)10-15-13-7-2-3-8-14(13)17/h2-10H,1H3/p+1. The average Bonchev–Trinajstić information content (AvgIpc) is 2.38. The first kappa shape index (κ1) is 12.0. The third-order valence-corrected chi connectivity index (χ3v) is 2.47. The summed E-state index contributed by atoms with van der Waals surface area (Å²) in [4.78, 5) is 15.3. The molecule has 0 spiro atoms. The lowest BCUT2D eigenvalue weighted by Crippen LogP contribution is -1.91. The highest BCUT2D eigenvalue weighted by molar-refractivity contribution is 5.83. The second-order valence-corrected chi connectivity index (χ2v) is 3.84. The molecule has 0 aromatic heterocycles. The van der Waals surface area contributed by atoms with Crippen molar-refractivity contribution in [2.45, 2.75) is 0 Å². The van der Waals surface area contributed by atoms with Crippen LogP contribution in [0.4, 0.5) is 11.4 Å². The molecule has 0 radical (unpaired) electrons. The van der Waals surface area contributed by atoms with Crippen molar-refractivity contribution in [1.29, 1.82) is 0 Å². The number of aromatic hydroxyl groups is 1. The maximum atomic E-state index is 11.2. The van der Waals surface area contributed by atoms with Crippen LogP contribution in [0.1, 0.15) is 5.56 Å². The molecule has 0 aliphatic rings. The molecule has 0 aliphatic carbocycles. The van der Waals surface area contributed by atoms with Crippen molar-refractivity contribution >= 4 is 17.6 Å². The predicted octanol–water partition coefficient (Wildman–Crippen LogP) is 3.18. The summed E-state index contributed by atoms with van der Waals surface area (Å²) in [5.74, 6) is 0.130. The van der Waals surface area contributed by atoms with Crippen molar-refractivity contribution in [3.05, 3.63) is 59.0 Å². The molecular weight excluding hydrogens is 228 g/mol. The Balaban J connectivity index is 2.27. The van der Waals surface area contributed by atoms with Crippen LogP contribution in [0.5, 0.6) is 5.75 Å². The summed E-state index contributed by atoms with van der Waals surface area (Å²) in [6.45, 7) is 0. The quantitative estimate of drug-likeness (QED) is 0.662. The summed E-state index contributed by atoms with van der Waals surface area (Å²) in [5.41, 5.74) is 1.87. The van der Waals surface area contributed by atoms with E-state index >= 15 is 0 Å². The van der Waals surface area contributed by atoms with E-state index in [1.54, 1.807) is 48.7 Å². The number of aliphatic imine (C=N–C) groups is 1. The second-order valence-electron chi connectivity index (χ2n) is 3.84. The largest absolute Gasteiger partial charge is 0.506 e. The fourth-order valence-electron chi connectivity index (χ4n) is 1.52. The third kappa shape index (κ3) is 2.79. The summed E-state index contributed by atoms with van der Waals surface area (Å²) >= 11 is 0. The average molecular weight is 241 g/mol. The number of nitroso groups, excluding NO2 is 1. The van der Waals surface area contributed by atoms with Gasteiger partial charge in [0.1, 0.15) is 11.4 Å². The van der Waals surface area contributed by atoms with Crippen molar-refractivity contribution < 1.29 is 9.87 Å². The first-order valence-corrected chi connectivity index (χ1v) is 5.50. The van der Waals surface area contributed by atoms with E-state index in [9.17, 15) is 10.0 Å². The lowest BCUT2D eigenvalue weighted by atomic mass is 10.2. The number of nitrogens with zero attached hydrogens (tertiary/aromatic N) is 2. The number of hydrogen-bond acceptors (Lipinski definition) is 3. The molecular formula is C14H13N2O2+. The highest BCUT2D eigenvalue weighted by atomic mass is 16.3. The summed E-state index contributed by atoms with van der Waals surface area (Å²) in [5, 5.41) is 9.56. The normalized spacial score (nSPS) is 10.7. The highest BCUT2D eigenvalue weighted by Gasteiger charge is 2.05. The van der Waals surface area contributed by atoms with Gasteiger partial charge in [0, 0.05) is 28.0 Å². The Bertz CT molecular complexity index is 606. The highest BCUT2D eigenvalue weighted by Crippen LogP contribution is 2.24. The molecule has 0 atom stereocenters. The number of benzene rings is 2. The van der Waals surface area contributed by atoms with E-state index in [4.69, 9.17) is 0 Å². The Morgan fingerprint density at radius 3 is 2.67 bits per heavy atom. The van der Waals surface area contributed by atoms with Crippen LogP contribution in [0.15, 0.2) is 53.5 Å². The van der Waals surface area contributed by atoms with Crippen LogP contribution in [0, 0.1) is 4.91 Å². The lowest BCUT2D eigenvalue weighted by Gasteiger charge is -1.97. The van der Waals surface area contributed by atoms with Gasteiger partial charge in [-0.3, -0.25) is 4.99 Å². The molecule has 1 N–H and O–H groups in total. The summed E-state index contributed by atoms with van der Waals surface area (Å²) in [6.07, 6.45) is 1.61. The van der Waals surface area contributed by atoms with Gasteiger partial charge in [0.05, 0.1) is 0 Å². The first-order chi connectivity index (χ1) is 8.66. The van der Waals surface area contributed by atoms with Gasteiger partial charge in [0.2, 0.25) is 0 Å². The Labute approximate surface area is 105 Å². The van der Waals surface area contributed by atoms with Crippen molar-refractivity contribution in [3.8, 4) is 5.75 Å². The summed E-state index contributed by atoms with van der Waals surface area (Å²) < 4.78 is 0.789. The van der Waals surface area contributed by atoms with E-state index in [2.05, 4.69) is 4.99 Å². The molecule has 2 aromatic carbocycles. The maximum absolute atomic E-state index is 11.2. The van der Waals surface area contributed by atoms with E-state index < -0.39 is 0 Å². The van der Waals surface area contributed by atoms with E-state index in [-0.39, 0.29) is 5.75 Å². The van der Waals surface area contributed by atoms with Gasteiger partial charge in [0.25, 0.3) is 5.69 Å². The molecule has 4 heteroatoms. The van der Waals surface area contributed by atoms with Crippen LogP contribution in [0.3, 0.4) is 0 Å². The molecule has 0 fully saturated rings. The van der Waals surface area contributed by atoms with E-state index in [0.717, 1.165) is 10.3 Å². The number of rotatable bonds is 3. The van der Waals surface area contributed by atoms with Crippen molar-refractivity contribution in [2.24, 2.45) is 4.99 Å². The fourth-order valence-corrected chi connectivity index (χ4v) is 1.52. The fraction of sp³-hybridized carbons (Fsp3) is 0.0714. The molecule has 90 valence electrons. The molecule has 0 aliphatic heterocycles. The van der Waals surface area contributed by atoms with Gasteiger partial charge in [-0.15, -0.1) is 0 Å². The molecule has 2 rings (SSSR count). The molecule has 4 nitrogen and oxygen atoms in total. The van der Waals surface area contributed by atoms with Gasteiger partial charge in [-0.25, -0.2) is 0 Å². The maximum Gasteiger partial charge on any atom is 0.256 e. The van der Waals surface area contributed by atoms with E-state index in [1.807, 2.05) is 6.07 Å². The zero-order valence-electron chi connectivity index (χ0n) is 9.95. The van der Waals surface area contributed by atoms with Crippen LogP contribution < -0.4 is 0 Å². The Kier molecular flexibility index (Phi) is 3.48. The zero-order chi connectivity index (χ0) is 13.0. The number of para-hydroxylation sites is 2. The monoisotopic (exact) mass is 241 g/mol. The van der Waals surface area contributed by atoms with E-state index in [0.29, 0.717) is 11.4 Å². The van der Waals surface area contributed by atoms with Crippen LogP contribution >= 0.6 is 0 Å². The zero-order valence-corrected chi connectivity index (χ0v) is 9.95. The van der Waals surface area contributed by atoms with Crippen LogP contribution in [0.25, 0.3) is 0 Å². The van der Waals surface area contributed by atoms with Gasteiger partial charge < -0.3 is 5.11 Å². The Morgan fingerprint density at radius 2 is 1.94 bits per heavy atom. The minimum absolute atomic E-state index is 0.130. The number of phenolic OH excluding ortho intramolecular Hbond substituents is 1. The van der Waals surface area contributed by atoms with Crippen LogP contribution in [-0.4, -0.2) is 23.1 Å².